The molecule has 0 amide bonds. The van der Waals surface area contributed by atoms with Gasteiger partial charge >= 0.3 is 0 Å². The molecule has 0 unspecified atom stereocenters. The van der Waals surface area contributed by atoms with Gasteiger partial charge in [0.05, 0.1) is 7.11 Å². The first-order valence-electron chi connectivity index (χ1n) is 8.69. The summed E-state index contributed by atoms with van der Waals surface area (Å²) in [5.41, 5.74) is 16.9. The highest BCUT2D eigenvalue weighted by atomic mass is 16.5. The third kappa shape index (κ3) is 4.47. The van der Waals surface area contributed by atoms with Gasteiger partial charge in [-0.3, -0.25) is 0 Å². The Morgan fingerprint density at radius 2 is 1.78 bits per heavy atom. The number of benzene rings is 2. The highest BCUT2D eigenvalue weighted by Crippen LogP contribution is 2.28. The number of aryl methyl sites for hydroxylation is 2. The summed E-state index contributed by atoms with van der Waals surface area (Å²) in [4.78, 5) is 8.03. The van der Waals surface area contributed by atoms with E-state index >= 15 is 0 Å². The smallest absolute Gasteiger partial charge is 0.221 e. The van der Waals surface area contributed by atoms with E-state index < -0.39 is 0 Å². The molecule has 0 aliphatic carbocycles. The number of nitrogen functional groups attached to an aromatic ring is 2. The van der Waals surface area contributed by atoms with Gasteiger partial charge in [0.25, 0.3) is 0 Å². The lowest BCUT2D eigenvalue weighted by molar-refractivity contribution is 0.305. The predicted molar refractivity (Wildman–Crippen MR) is 107 cm³/mol. The maximum absolute atomic E-state index is 5.98. The zero-order valence-corrected chi connectivity index (χ0v) is 15.8. The number of anilines is 2. The number of methoxy groups -OCH3 is 1. The van der Waals surface area contributed by atoms with Crippen molar-refractivity contribution in [3.63, 3.8) is 0 Å². The van der Waals surface area contributed by atoms with Crippen molar-refractivity contribution in [3.8, 4) is 11.5 Å². The third-order valence-electron chi connectivity index (χ3n) is 4.53. The van der Waals surface area contributed by atoms with Crippen LogP contribution in [-0.2, 0) is 13.0 Å². The molecule has 0 saturated heterocycles. The van der Waals surface area contributed by atoms with Crippen molar-refractivity contribution in [2.24, 2.45) is 0 Å². The molecule has 4 N–H and O–H groups in total. The highest BCUT2D eigenvalue weighted by molar-refractivity contribution is 5.48. The molecule has 1 aromatic heterocycles. The second-order valence-electron chi connectivity index (χ2n) is 6.50. The second-order valence-corrected chi connectivity index (χ2v) is 6.50. The summed E-state index contributed by atoms with van der Waals surface area (Å²) < 4.78 is 11.4. The normalized spacial score (nSPS) is 10.6. The first kappa shape index (κ1) is 18.5. The minimum absolute atomic E-state index is 0.161. The van der Waals surface area contributed by atoms with Crippen LogP contribution in [0, 0.1) is 13.8 Å². The molecule has 6 nitrogen and oxygen atoms in total. The van der Waals surface area contributed by atoms with Crippen LogP contribution in [0.1, 0.15) is 27.8 Å². The van der Waals surface area contributed by atoms with E-state index in [4.69, 9.17) is 20.9 Å². The van der Waals surface area contributed by atoms with Crippen LogP contribution in [0.15, 0.2) is 42.6 Å². The molecule has 0 aliphatic rings. The van der Waals surface area contributed by atoms with Crippen LogP contribution >= 0.6 is 0 Å². The molecule has 6 heteroatoms. The maximum Gasteiger partial charge on any atom is 0.221 e. The Bertz CT molecular complexity index is 957. The number of rotatable bonds is 6. The molecule has 0 spiro atoms. The minimum Gasteiger partial charge on any atom is -0.496 e. The zero-order valence-electron chi connectivity index (χ0n) is 15.8. The number of nitrogens with zero attached hydrogens (tertiary/aromatic N) is 2. The molecule has 1 heterocycles. The number of hydrogen-bond acceptors (Lipinski definition) is 6. The molecular weight excluding hydrogens is 340 g/mol. The van der Waals surface area contributed by atoms with E-state index in [1.165, 1.54) is 11.1 Å². The van der Waals surface area contributed by atoms with Gasteiger partial charge in [-0.2, -0.15) is 4.98 Å². The molecule has 27 heavy (non-hydrogen) atoms. The fourth-order valence-corrected chi connectivity index (χ4v) is 2.82. The number of aromatic nitrogens is 2. The highest BCUT2D eigenvalue weighted by Gasteiger charge is 2.10. The van der Waals surface area contributed by atoms with E-state index in [1.54, 1.807) is 13.3 Å². The van der Waals surface area contributed by atoms with Gasteiger partial charge in [0.2, 0.25) is 5.95 Å². The van der Waals surface area contributed by atoms with Crippen molar-refractivity contribution >= 4 is 11.8 Å². The van der Waals surface area contributed by atoms with Crippen molar-refractivity contribution < 1.29 is 9.47 Å². The lowest BCUT2D eigenvalue weighted by Gasteiger charge is -2.13. The van der Waals surface area contributed by atoms with Gasteiger partial charge in [-0.1, -0.05) is 18.2 Å². The van der Waals surface area contributed by atoms with Gasteiger partial charge in [-0.05, 0) is 48.7 Å². The van der Waals surface area contributed by atoms with Crippen molar-refractivity contribution in [1.82, 2.24) is 9.97 Å². The van der Waals surface area contributed by atoms with Crippen LogP contribution in [0.3, 0.4) is 0 Å². The van der Waals surface area contributed by atoms with Gasteiger partial charge < -0.3 is 20.9 Å². The van der Waals surface area contributed by atoms with Crippen LogP contribution in [0.4, 0.5) is 11.8 Å². The van der Waals surface area contributed by atoms with E-state index in [1.807, 2.05) is 18.2 Å². The second kappa shape index (κ2) is 7.95. The van der Waals surface area contributed by atoms with Gasteiger partial charge in [0.1, 0.15) is 23.9 Å². The quantitative estimate of drug-likeness (QED) is 0.695. The maximum atomic E-state index is 5.98. The Morgan fingerprint density at radius 3 is 2.48 bits per heavy atom. The fraction of sp³-hybridized carbons (Fsp3) is 0.238. The predicted octanol–water partition coefficient (Wildman–Crippen LogP) is 3.44. The Labute approximate surface area is 159 Å². The van der Waals surface area contributed by atoms with Crippen molar-refractivity contribution in [2.45, 2.75) is 26.9 Å². The molecule has 0 fully saturated rings. The largest absolute Gasteiger partial charge is 0.496 e. The van der Waals surface area contributed by atoms with E-state index in [2.05, 4.69) is 42.0 Å². The fourth-order valence-electron chi connectivity index (χ4n) is 2.82. The molecule has 3 aromatic rings. The van der Waals surface area contributed by atoms with E-state index in [-0.39, 0.29) is 5.95 Å². The van der Waals surface area contributed by atoms with Gasteiger partial charge in [-0.15, -0.1) is 0 Å². The Kier molecular flexibility index (Phi) is 5.45. The topological polar surface area (TPSA) is 96.3 Å². The van der Waals surface area contributed by atoms with E-state index in [0.29, 0.717) is 18.8 Å². The van der Waals surface area contributed by atoms with Crippen molar-refractivity contribution in [3.05, 3.63) is 70.4 Å². The van der Waals surface area contributed by atoms with Crippen LogP contribution in [0.25, 0.3) is 0 Å². The summed E-state index contributed by atoms with van der Waals surface area (Å²) in [7, 11) is 1.64. The SMILES string of the molecule is COc1ccc(OCc2ccc(C)c(C)c2)cc1Cc1cnc(N)nc1N. The van der Waals surface area contributed by atoms with Crippen molar-refractivity contribution in [2.75, 3.05) is 18.6 Å². The average molecular weight is 364 g/mol. The van der Waals surface area contributed by atoms with Crippen LogP contribution in [0.2, 0.25) is 0 Å². The molecule has 0 radical (unpaired) electrons. The number of ether oxygens (including phenoxy) is 2. The van der Waals surface area contributed by atoms with Gasteiger partial charge in [0.15, 0.2) is 0 Å². The monoisotopic (exact) mass is 364 g/mol. The molecule has 2 aromatic carbocycles. The summed E-state index contributed by atoms with van der Waals surface area (Å²) in [6, 6.07) is 12.1. The minimum atomic E-state index is 0.161. The summed E-state index contributed by atoms with van der Waals surface area (Å²) in [6.07, 6.45) is 2.16. The molecule has 3 rings (SSSR count). The van der Waals surface area contributed by atoms with Crippen molar-refractivity contribution in [1.29, 1.82) is 0 Å². The molecule has 0 atom stereocenters. The van der Waals surface area contributed by atoms with Crippen LogP contribution in [-0.4, -0.2) is 17.1 Å². The Hall–Kier alpha value is -3.28. The first-order chi connectivity index (χ1) is 13.0. The van der Waals surface area contributed by atoms with Crippen LogP contribution in [0.5, 0.6) is 11.5 Å². The molecule has 0 saturated carbocycles. The van der Waals surface area contributed by atoms with E-state index in [0.717, 1.165) is 28.2 Å². The molecule has 0 bridgehead atoms. The zero-order chi connectivity index (χ0) is 19.4. The Balaban J connectivity index is 1.79. The summed E-state index contributed by atoms with van der Waals surface area (Å²) >= 11 is 0. The molecule has 0 aliphatic heterocycles. The van der Waals surface area contributed by atoms with Crippen LogP contribution < -0.4 is 20.9 Å². The van der Waals surface area contributed by atoms with E-state index in [9.17, 15) is 0 Å². The summed E-state index contributed by atoms with van der Waals surface area (Å²) in [6.45, 7) is 4.70. The first-order valence-corrected chi connectivity index (χ1v) is 8.69. The van der Waals surface area contributed by atoms with Gasteiger partial charge in [-0.25, -0.2) is 4.98 Å². The summed E-state index contributed by atoms with van der Waals surface area (Å²) in [5.74, 6) is 2.04. The third-order valence-corrected chi connectivity index (χ3v) is 4.53. The average Bonchev–Trinajstić information content (AvgIpc) is 2.65. The number of hydrogen-bond donors (Lipinski definition) is 2. The lowest BCUT2D eigenvalue weighted by atomic mass is 10.1. The van der Waals surface area contributed by atoms with Gasteiger partial charge in [0, 0.05) is 23.7 Å². The Morgan fingerprint density at radius 1 is 0.963 bits per heavy atom. The standard InChI is InChI=1S/C21H24N4O2/c1-13-4-5-15(8-14(13)2)12-27-18-6-7-19(26-3)16(10-18)9-17-11-24-21(23)25-20(17)22/h4-8,10-11H,9,12H2,1-3H3,(H4,22,23,24,25). The lowest BCUT2D eigenvalue weighted by Crippen LogP contribution is -2.05. The summed E-state index contributed by atoms with van der Waals surface area (Å²) in [5, 5.41) is 0. The molecule has 140 valence electrons. The molecular formula is C21H24N4O2. The number of nitrogens with two attached hydrogens (primary N) is 2.